The van der Waals surface area contributed by atoms with Crippen LogP contribution in [-0.4, -0.2) is 19.5 Å². The van der Waals surface area contributed by atoms with Crippen molar-refractivity contribution in [2.75, 3.05) is 4.72 Å². The molecule has 23 heavy (non-hydrogen) atoms. The van der Waals surface area contributed by atoms with Gasteiger partial charge in [0, 0.05) is 10.7 Å². The van der Waals surface area contributed by atoms with Crippen LogP contribution in [0.25, 0.3) is 6.08 Å². The smallest absolute Gasteiger partial charge is 0.336 e. The first kappa shape index (κ1) is 17.1. The molecule has 0 aliphatic rings. The second-order valence-electron chi connectivity index (χ2n) is 4.81. The summed E-state index contributed by atoms with van der Waals surface area (Å²) in [7, 11) is -3.79. The number of aromatic carboxylic acids is 1. The van der Waals surface area contributed by atoms with Gasteiger partial charge in [-0.2, -0.15) is 0 Å². The van der Waals surface area contributed by atoms with Gasteiger partial charge in [0.2, 0.25) is 0 Å². The fraction of sp³-hybridized carbons (Fsp3) is 0.0625. The molecule has 0 saturated heterocycles. The van der Waals surface area contributed by atoms with Gasteiger partial charge in [-0.15, -0.1) is 0 Å². The number of halogens is 1. The van der Waals surface area contributed by atoms with Gasteiger partial charge in [-0.25, -0.2) is 13.2 Å². The maximum absolute atomic E-state index is 12.1. The number of benzene rings is 2. The van der Waals surface area contributed by atoms with Crippen LogP contribution in [0.4, 0.5) is 5.69 Å². The summed E-state index contributed by atoms with van der Waals surface area (Å²) in [6.45, 7) is 1.64. The number of carbonyl (C=O) groups is 1. The summed E-state index contributed by atoms with van der Waals surface area (Å²) in [6.07, 6.45) is 1.37. The lowest BCUT2D eigenvalue weighted by atomic mass is 10.1. The zero-order valence-corrected chi connectivity index (χ0v) is 13.7. The van der Waals surface area contributed by atoms with Gasteiger partial charge in [-0.1, -0.05) is 35.9 Å². The second kappa shape index (κ2) is 6.85. The highest BCUT2D eigenvalue weighted by Crippen LogP contribution is 2.19. The molecule has 0 spiro atoms. The van der Waals surface area contributed by atoms with E-state index < -0.39 is 16.0 Å². The molecule has 5 nitrogen and oxygen atoms in total. The van der Waals surface area contributed by atoms with Crippen LogP contribution in [-0.2, 0) is 10.0 Å². The molecule has 2 rings (SSSR count). The van der Waals surface area contributed by atoms with Gasteiger partial charge in [0.15, 0.2) is 0 Å². The summed E-state index contributed by atoms with van der Waals surface area (Å²) < 4.78 is 26.4. The molecule has 2 aromatic rings. The quantitative estimate of drug-likeness (QED) is 0.859. The predicted octanol–water partition coefficient (Wildman–Crippen LogP) is 3.76. The van der Waals surface area contributed by atoms with Crippen LogP contribution in [0.1, 0.15) is 21.5 Å². The third-order valence-electron chi connectivity index (χ3n) is 3.06. The maximum atomic E-state index is 12.1. The minimum absolute atomic E-state index is 0.0419. The van der Waals surface area contributed by atoms with Crippen molar-refractivity contribution in [3.63, 3.8) is 0 Å². The summed E-state index contributed by atoms with van der Waals surface area (Å²) in [5.74, 6) is -1.12. The van der Waals surface area contributed by atoms with Crippen molar-refractivity contribution >= 4 is 39.4 Å². The van der Waals surface area contributed by atoms with Crippen LogP contribution in [0.2, 0.25) is 5.02 Å². The molecule has 7 heteroatoms. The molecule has 0 aliphatic carbocycles. The molecule has 0 heterocycles. The molecule has 120 valence electrons. The average molecular weight is 352 g/mol. The number of carboxylic acids is 1. The number of aryl methyl sites for hydroxylation is 1. The number of hydrogen-bond acceptors (Lipinski definition) is 3. The molecule has 0 radical (unpaired) electrons. The van der Waals surface area contributed by atoms with E-state index >= 15 is 0 Å². The molecule has 0 aromatic heterocycles. The lowest BCUT2D eigenvalue weighted by Crippen LogP contribution is -2.10. The molecule has 0 saturated carbocycles. The number of anilines is 1. The van der Waals surface area contributed by atoms with E-state index in [0.29, 0.717) is 16.1 Å². The summed E-state index contributed by atoms with van der Waals surface area (Å²) in [5.41, 5.74) is 1.33. The topological polar surface area (TPSA) is 83.5 Å². The highest BCUT2D eigenvalue weighted by molar-refractivity contribution is 7.95. The van der Waals surface area contributed by atoms with Crippen molar-refractivity contribution in [1.29, 1.82) is 0 Å². The number of hydrogen-bond donors (Lipinski definition) is 2. The van der Waals surface area contributed by atoms with Crippen LogP contribution in [0.3, 0.4) is 0 Å². The van der Waals surface area contributed by atoms with Gasteiger partial charge in [0.05, 0.1) is 11.0 Å². The van der Waals surface area contributed by atoms with E-state index in [2.05, 4.69) is 4.72 Å². The van der Waals surface area contributed by atoms with Crippen molar-refractivity contribution in [3.05, 3.63) is 69.6 Å². The van der Waals surface area contributed by atoms with E-state index in [4.69, 9.17) is 16.7 Å². The van der Waals surface area contributed by atoms with E-state index in [1.807, 2.05) is 0 Å². The Hall–Kier alpha value is -2.31. The molecule has 0 bridgehead atoms. The standard InChI is InChI=1S/C16H14ClNO4S/c1-11-6-7-13(10-14(11)16(19)20)18-23(21,22)9-8-12-4-2-3-5-15(12)17/h2-10,18H,1H3,(H,19,20). The van der Waals surface area contributed by atoms with Crippen LogP contribution in [0.5, 0.6) is 0 Å². The van der Waals surface area contributed by atoms with Gasteiger partial charge < -0.3 is 5.11 Å². The first-order chi connectivity index (χ1) is 10.8. The lowest BCUT2D eigenvalue weighted by Gasteiger charge is -2.07. The number of nitrogens with one attached hydrogen (secondary N) is 1. The molecule has 2 N–H and O–H groups in total. The first-order valence-corrected chi connectivity index (χ1v) is 8.50. The van der Waals surface area contributed by atoms with Crippen molar-refractivity contribution in [1.82, 2.24) is 0 Å². The minimum atomic E-state index is -3.79. The van der Waals surface area contributed by atoms with Gasteiger partial charge in [0.1, 0.15) is 0 Å². The Kier molecular flexibility index (Phi) is 5.08. The largest absolute Gasteiger partial charge is 0.478 e. The van der Waals surface area contributed by atoms with Crippen molar-refractivity contribution < 1.29 is 18.3 Å². The van der Waals surface area contributed by atoms with E-state index in [1.54, 1.807) is 37.3 Å². The Morgan fingerprint density at radius 1 is 1.22 bits per heavy atom. The van der Waals surface area contributed by atoms with Crippen LogP contribution in [0, 0.1) is 6.92 Å². The molecular formula is C16H14ClNO4S. The Labute approximate surface area is 139 Å². The van der Waals surface area contributed by atoms with Crippen molar-refractivity contribution in [2.45, 2.75) is 6.92 Å². The molecule has 0 aliphatic heterocycles. The van der Waals surface area contributed by atoms with Crippen molar-refractivity contribution in [2.24, 2.45) is 0 Å². The highest BCUT2D eigenvalue weighted by atomic mass is 35.5. The van der Waals surface area contributed by atoms with Gasteiger partial charge in [-0.3, -0.25) is 4.72 Å². The van der Waals surface area contributed by atoms with Crippen molar-refractivity contribution in [3.8, 4) is 0 Å². The molecule has 0 fully saturated rings. The zero-order valence-electron chi connectivity index (χ0n) is 12.2. The van der Waals surface area contributed by atoms with E-state index in [-0.39, 0.29) is 11.3 Å². The van der Waals surface area contributed by atoms with E-state index in [0.717, 1.165) is 5.41 Å². The summed E-state index contributed by atoms with van der Waals surface area (Å²) in [6, 6.07) is 11.1. The first-order valence-electron chi connectivity index (χ1n) is 6.58. The molecule has 0 unspecified atom stereocenters. The Morgan fingerprint density at radius 2 is 1.91 bits per heavy atom. The van der Waals surface area contributed by atoms with Gasteiger partial charge in [-0.05, 0) is 42.3 Å². The van der Waals surface area contributed by atoms with E-state index in [9.17, 15) is 13.2 Å². The highest BCUT2D eigenvalue weighted by Gasteiger charge is 2.11. The fourth-order valence-electron chi connectivity index (χ4n) is 1.89. The number of carboxylic acid groups (broad SMARTS) is 1. The van der Waals surface area contributed by atoms with E-state index in [1.165, 1.54) is 18.2 Å². The Morgan fingerprint density at radius 3 is 2.57 bits per heavy atom. The summed E-state index contributed by atoms with van der Waals surface area (Å²) in [4.78, 5) is 11.1. The third-order valence-corrected chi connectivity index (χ3v) is 4.42. The monoisotopic (exact) mass is 351 g/mol. The third kappa shape index (κ3) is 4.58. The normalized spacial score (nSPS) is 11.6. The van der Waals surface area contributed by atoms with Crippen LogP contribution >= 0.6 is 11.6 Å². The molecule has 2 aromatic carbocycles. The summed E-state index contributed by atoms with van der Waals surface area (Å²) >= 11 is 5.95. The minimum Gasteiger partial charge on any atom is -0.478 e. The van der Waals surface area contributed by atoms with Crippen LogP contribution in [0.15, 0.2) is 47.9 Å². The number of rotatable bonds is 5. The maximum Gasteiger partial charge on any atom is 0.336 e. The average Bonchev–Trinajstić information content (AvgIpc) is 2.48. The molecule has 0 amide bonds. The number of sulfonamides is 1. The zero-order chi connectivity index (χ0) is 17.0. The second-order valence-corrected chi connectivity index (χ2v) is 6.78. The Bertz CT molecular complexity index is 875. The van der Waals surface area contributed by atoms with Gasteiger partial charge in [0.25, 0.3) is 10.0 Å². The lowest BCUT2D eigenvalue weighted by molar-refractivity contribution is 0.0696. The summed E-state index contributed by atoms with van der Waals surface area (Å²) in [5, 5.41) is 10.5. The molecular weight excluding hydrogens is 338 g/mol. The fourth-order valence-corrected chi connectivity index (χ4v) is 2.94. The predicted molar refractivity (Wildman–Crippen MR) is 91.2 cm³/mol. The SMILES string of the molecule is Cc1ccc(NS(=O)(=O)C=Cc2ccccc2Cl)cc1C(=O)O. The van der Waals surface area contributed by atoms with Gasteiger partial charge >= 0.3 is 5.97 Å². The van der Waals surface area contributed by atoms with Crippen LogP contribution < -0.4 is 4.72 Å². The Balaban J connectivity index is 2.24. The molecule has 0 atom stereocenters.